The lowest BCUT2D eigenvalue weighted by molar-refractivity contribution is 0.594. The molecule has 0 spiro atoms. The second kappa shape index (κ2) is 5.28. The van der Waals surface area contributed by atoms with E-state index in [1.807, 2.05) is 6.08 Å². The fraction of sp³-hybridized carbons (Fsp3) is 0.600. The second-order valence-corrected chi connectivity index (χ2v) is 2.84. The summed E-state index contributed by atoms with van der Waals surface area (Å²) in [5.41, 5.74) is 1.32. The van der Waals surface area contributed by atoms with Crippen LogP contribution in [0.4, 0.5) is 0 Å². The van der Waals surface area contributed by atoms with E-state index >= 15 is 0 Å². The molecule has 0 aliphatic carbocycles. The SMILES string of the molecule is C=CCC(=C)C(C)CCC. The first-order valence-electron chi connectivity index (χ1n) is 4.00. The Bertz CT molecular complexity index is 111. The van der Waals surface area contributed by atoms with Gasteiger partial charge in [-0.1, -0.05) is 38.5 Å². The van der Waals surface area contributed by atoms with Crippen molar-refractivity contribution in [2.75, 3.05) is 0 Å². The van der Waals surface area contributed by atoms with Crippen LogP contribution in [0.3, 0.4) is 0 Å². The van der Waals surface area contributed by atoms with Crippen LogP contribution in [0.5, 0.6) is 0 Å². The van der Waals surface area contributed by atoms with Crippen LogP contribution in [-0.2, 0) is 0 Å². The van der Waals surface area contributed by atoms with Gasteiger partial charge in [-0.3, -0.25) is 0 Å². The topological polar surface area (TPSA) is 0 Å². The highest BCUT2D eigenvalue weighted by Gasteiger charge is 2.02. The van der Waals surface area contributed by atoms with E-state index in [4.69, 9.17) is 0 Å². The van der Waals surface area contributed by atoms with Gasteiger partial charge in [-0.25, -0.2) is 0 Å². The van der Waals surface area contributed by atoms with Gasteiger partial charge in [-0.05, 0) is 18.8 Å². The number of rotatable bonds is 5. The van der Waals surface area contributed by atoms with Crippen LogP contribution >= 0.6 is 0 Å². The van der Waals surface area contributed by atoms with Gasteiger partial charge in [0.2, 0.25) is 0 Å². The van der Waals surface area contributed by atoms with Gasteiger partial charge in [-0.2, -0.15) is 0 Å². The average Bonchev–Trinajstić information content (AvgIpc) is 1.89. The third-order valence-electron chi connectivity index (χ3n) is 1.83. The normalized spacial score (nSPS) is 12.6. The summed E-state index contributed by atoms with van der Waals surface area (Å²) in [6.45, 7) is 12.1. The highest BCUT2D eigenvalue weighted by atomic mass is 14.1. The summed E-state index contributed by atoms with van der Waals surface area (Å²) in [6.07, 6.45) is 5.40. The zero-order valence-corrected chi connectivity index (χ0v) is 7.19. The van der Waals surface area contributed by atoms with Crippen molar-refractivity contribution in [1.82, 2.24) is 0 Å². The van der Waals surface area contributed by atoms with Gasteiger partial charge in [0.25, 0.3) is 0 Å². The summed E-state index contributed by atoms with van der Waals surface area (Å²) in [6, 6.07) is 0. The predicted molar refractivity (Wildman–Crippen MR) is 48.0 cm³/mol. The first-order valence-corrected chi connectivity index (χ1v) is 4.00. The maximum Gasteiger partial charge on any atom is -0.0142 e. The van der Waals surface area contributed by atoms with Crippen molar-refractivity contribution in [1.29, 1.82) is 0 Å². The molecule has 0 aliphatic rings. The molecule has 10 heavy (non-hydrogen) atoms. The van der Waals surface area contributed by atoms with Crippen molar-refractivity contribution in [2.45, 2.75) is 33.1 Å². The van der Waals surface area contributed by atoms with Gasteiger partial charge in [0, 0.05) is 0 Å². The molecule has 58 valence electrons. The summed E-state index contributed by atoms with van der Waals surface area (Å²) in [5.74, 6) is 0.669. The van der Waals surface area contributed by atoms with Crippen LogP contribution in [0.25, 0.3) is 0 Å². The minimum Gasteiger partial charge on any atom is -0.103 e. The second-order valence-electron chi connectivity index (χ2n) is 2.84. The van der Waals surface area contributed by atoms with Gasteiger partial charge in [-0.15, -0.1) is 6.58 Å². The molecule has 0 aromatic rings. The molecule has 0 radical (unpaired) electrons. The number of hydrogen-bond acceptors (Lipinski definition) is 0. The monoisotopic (exact) mass is 138 g/mol. The molecule has 1 unspecified atom stereocenters. The molecule has 0 aromatic carbocycles. The summed E-state index contributed by atoms with van der Waals surface area (Å²) in [4.78, 5) is 0. The molecular weight excluding hydrogens is 120 g/mol. The van der Waals surface area contributed by atoms with E-state index in [-0.39, 0.29) is 0 Å². The molecule has 0 amide bonds. The standard InChI is InChI=1S/C10H18/c1-5-7-9(3)10(4)8-6-2/h5,10H,1,3,6-8H2,2,4H3. The zero-order chi connectivity index (χ0) is 7.98. The maximum atomic E-state index is 3.99. The van der Waals surface area contributed by atoms with Crippen LogP contribution in [0.15, 0.2) is 24.8 Å². The lowest BCUT2D eigenvalue weighted by Crippen LogP contribution is -1.96. The molecule has 0 bridgehead atoms. The van der Waals surface area contributed by atoms with Crippen molar-refractivity contribution in [3.05, 3.63) is 24.8 Å². The quantitative estimate of drug-likeness (QED) is 0.510. The highest BCUT2D eigenvalue weighted by Crippen LogP contribution is 2.17. The Morgan fingerprint density at radius 2 is 2.20 bits per heavy atom. The predicted octanol–water partition coefficient (Wildman–Crippen LogP) is 3.55. The van der Waals surface area contributed by atoms with Crippen LogP contribution in [0, 0.1) is 5.92 Å². The molecule has 0 fully saturated rings. The van der Waals surface area contributed by atoms with Gasteiger partial charge >= 0.3 is 0 Å². The molecule has 1 atom stereocenters. The van der Waals surface area contributed by atoms with Crippen molar-refractivity contribution in [3.63, 3.8) is 0 Å². The van der Waals surface area contributed by atoms with E-state index in [2.05, 4.69) is 27.0 Å². The van der Waals surface area contributed by atoms with Crippen LogP contribution in [0.1, 0.15) is 33.1 Å². The lowest BCUT2D eigenvalue weighted by atomic mass is 9.95. The molecule has 0 nitrogen and oxygen atoms in total. The summed E-state index contributed by atoms with van der Waals surface area (Å²) >= 11 is 0. The minimum absolute atomic E-state index is 0.669. The van der Waals surface area contributed by atoms with E-state index in [0.717, 1.165) is 6.42 Å². The van der Waals surface area contributed by atoms with E-state index in [1.165, 1.54) is 18.4 Å². The Morgan fingerprint density at radius 1 is 1.60 bits per heavy atom. The zero-order valence-electron chi connectivity index (χ0n) is 7.19. The molecule has 0 rings (SSSR count). The first-order chi connectivity index (χ1) is 4.72. The Balaban J connectivity index is 3.58. The molecule has 0 aliphatic heterocycles. The van der Waals surface area contributed by atoms with Gasteiger partial charge < -0.3 is 0 Å². The summed E-state index contributed by atoms with van der Waals surface area (Å²) in [5, 5.41) is 0. The van der Waals surface area contributed by atoms with Crippen LogP contribution < -0.4 is 0 Å². The maximum absolute atomic E-state index is 3.99. The lowest BCUT2D eigenvalue weighted by Gasteiger charge is -2.10. The fourth-order valence-corrected chi connectivity index (χ4v) is 1.02. The average molecular weight is 138 g/mol. The van der Waals surface area contributed by atoms with Crippen LogP contribution in [0.2, 0.25) is 0 Å². The van der Waals surface area contributed by atoms with Crippen molar-refractivity contribution < 1.29 is 0 Å². The van der Waals surface area contributed by atoms with Gasteiger partial charge in [0.05, 0.1) is 0 Å². The summed E-state index contributed by atoms with van der Waals surface area (Å²) in [7, 11) is 0. The van der Waals surface area contributed by atoms with Gasteiger partial charge in [0.15, 0.2) is 0 Å². The number of allylic oxidation sites excluding steroid dienone is 2. The molecule has 0 aromatic heterocycles. The largest absolute Gasteiger partial charge is 0.103 e. The van der Waals surface area contributed by atoms with Crippen molar-refractivity contribution in [3.8, 4) is 0 Å². The molecule has 0 heterocycles. The molecule has 0 saturated heterocycles. The minimum atomic E-state index is 0.669. The van der Waals surface area contributed by atoms with E-state index in [1.54, 1.807) is 0 Å². The van der Waals surface area contributed by atoms with E-state index in [9.17, 15) is 0 Å². The third kappa shape index (κ3) is 3.49. The Labute approximate surface area is 64.6 Å². The summed E-state index contributed by atoms with van der Waals surface area (Å²) < 4.78 is 0. The first kappa shape index (κ1) is 9.48. The number of hydrogen-bond donors (Lipinski definition) is 0. The van der Waals surface area contributed by atoms with E-state index < -0.39 is 0 Å². The molecule has 0 saturated carbocycles. The van der Waals surface area contributed by atoms with Crippen LogP contribution in [-0.4, -0.2) is 0 Å². The molecule has 0 heteroatoms. The Hall–Kier alpha value is -0.520. The van der Waals surface area contributed by atoms with Crippen molar-refractivity contribution in [2.24, 2.45) is 5.92 Å². The van der Waals surface area contributed by atoms with Crippen molar-refractivity contribution >= 4 is 0 Å². The smallest absolute Gasteiger partial charge is 0.0142 e. The highest BCUT2D eigenvalue weighted by molar-refractivity contribution is 5.03. The van der Waals surface area contributed by atoms with E-state index in [0.29, 0.717) is 5.92 Å². The Morgan fingerprint density at radius 3 is 2.60 bits per heavy atom. The van der Waals surface area contributed by atoms with Gasteiger partial charge in [0.1, 0.15) is 0 Å². The Kier molecular flexibility index (Phi) is 5.00. The molecular formula is C10H18. The fourth-order valence-electron chi connectivity index (χ4n) is 1.02. The third-order valence-corrected chi connectivity index (χ3v) is 1.83. The molecule has 0 N–H and O–H groups in total.